The number of allylic oxidation sites excluding steroid dienone is 1. The number of rotatable bonds is 2. The SMILES string of the molecule is O=C1CC(c2ccccc2)CC2=C1C(c1ccc(O)cc1)Nc1ccc3ccccc3c12. The van der Waals surface area contributed by atoms with E-state index in [9.17, 15) is 9.90 Å². The molecular formula is C29H23NO2. The number of aromatic hydroxyl groups is 1. The van der Waals surface area contributed by atoms with Crippen molar-refractivity contribution in [3.63, 3.8) is 0 Å². The van der Waals surface area contributed by atoms with E-state index in [0.29, 0.717) is 6.42 Å². The summed E-state index contributed by atoms with van der Waals surface area (Å²) in [5, 5.41) is 15.8. The third kappa shape index (κ3) is 3.01. The van der Waals surface area contributed by atoms with Crippen molar-refractivity contribution in [1.82, 2.24) is 0 Å². The van der Waals surface area contributed by atoms with Crippen LogP contribution < -0.4 is 5.32 Å². The van der Waals surface area contributed by atoms with Crippen LogP contribution >= 0.6 is 0 Å². The summed E-state index contributed by atoms with van der Waals surface area (Å²) in [7, 11) is 0. The summed E-state index contributed by atoms with van der Waals surface area (Å²) >= 11 is 0. The molecule has 2 atom stereocenters. The number of benzene rings is 4. The lowest BCUT2D eigenvalue weighted by Gasteiger charge is -2.37. The molecule has 3 heteroatoms. The minimum absolute atomic E-state index is 0.174. The highest BCUT2D eigenvalue weighted by molar-refractivity contribution is 6.13. The predicted molar refractivity (Wildman–Crippen MR) is 129 cm³/mol. The highest BCUT2D eigenvalue weighted by Crippen LogP contribution is 2.50. The van der Waals surface area contributed by atoms with Crippen LogP contribution in [0.2, 0.25) is 0 Å². The van der Waals surface area contributed by atoms with Gasteiger partial charge in [0.15, 0.2) is 5.78 Å². The first kappa shape index (κ1) is 18.9. The molecule has 0 fully saturated rings. The third-order valence-electron chi connectivity index (χ3n) is 6.82. The molecule has 2 N–H and O–H groups in total. The van der Waals surface area contributed by atoms with Crippen molar-refractivity contribution in [2.75, 3.05) is 5.32 Å². The summed E-state index contributed by atoms with van der Waals surface area (Å²) in [5.74, 6) is 0.598. The second-order valence-electron chi connectivity index (χ2n) is 8.71. The molecule has 4 aromatic rings. The number of ketones is 1. The van der Waals surface area contributed by atoms with Crippen LogP contribution in [0.3, 0.4) is 0 Å². The topological polar surface area (TPSA) is 49.3 Å². The molecule has 1 heterocycles. The second kappa shape index (κ2) is 7.38. The average molecular weight is 418 g/mol. The van der Waals surface area contributed by atoms with Gasteiger partial charge in [0.1, 0.15) is 5.75 Å². The molecule has 156 valence electrons. The van der Waals surface area contributed by atoms with Crippen molar-refractivity contribution >= 4 is 27.8 Å². The van der Waals surface area contributed by atoms with Crippen LogP contribution in [0.1, 0.15) is 41.5 Å². The molecule has 0 saturated heterocycles. The number of fused-ring (bicyclic) bond motifs is 4. The maximum Gasteiger partial charge on any atom is 0.162 e. The Morgan fingerprint density at radius 3 is 2.31 bits per heavy atom. The Morgan fingerprint density at radius 2 is 1.50 bits per heavy atom. The van der Waals surface area contributed by atoms with Crippen molar-refractivity contribution in [3.05, 3.63) is 113 Å². The molecular weight excluding hydrogens is 394 g/mol. The molecule has 32 heavy (non-hydrogen) atoms. The molecule has 1 aliphatic carbocycles. The molecule has 1 aliphatic heterocycles. The summed E-state index contributed by atoms with van der Waals surface area (Å²) < 4.78 is 0. The summed E-state index contributed by atoms with van der Waals surface area (Å²) in [6.45, 7) is 0. The molecule has 2 unspecified atom stereocenters. The first-order chi connectivity index (χ1) is 15.7. The van der Waals surface area contributed by atoms with Gasteiger partial charge in [0.25, 0.3) is 0 Å². The van der Waals surface area contributed by atoms with Crippen molar-refractivity contribution in [1.29, 1.82) is 0 Å². The van der Waals surface area contributed by atoms with Crippen LogP contribution in [0.25, 0.3) is 16.3 Å². The van der Waals surface area contributed by atoms with Crippen LogP contribution in [0.4, 0.5) is 5.69 Å². The normalized spacial score (nSPS) is 19.9. The van der Waals surface area contributed by atoms with E-state index in [0.717, 1.165) is 34.4 Å². The first-order valence-corrected chi connectivity index (χ1v) is 11.1. The molecule has 6 rings (SSSR count). The number of phenolic OH excluding ortho intramolecular Hbond substituents is 1. The molecule has 0 amide bonds. The van der Waals surface area contributed by atoms with Gasteiger partial charge in [0, 0.05) is 23.2 Å². The number of hydrogen-bond acceptors (Lipinski definition) is 3. The number of Topliss-reactive ketones (excluding diaryl/α,β-unsaturated/α-hetero) is 1. The predicted octanol–water partition coefficient (Wildman–Crippen LogP) is 6.61. The number of anilines is 1. The Balaban J connectivity index is 1.58. The standard InChI is InChI=1S/C29H23NO2/c31-22-13-10-20(11-14-22)29-28-24(16-21(17-26(28)32)18-6-2-1-3-7-18)27-23-9-5-4-8-19(23)12-15-25(27)30-29/h1-15,21,29-31H,16-17H2. The maximum absolute atomic E-state index is 13.7. The van der Waals surface area contributed by atoms with Crippen molar-refractivity contribution < 1.29 is 9.90 Å². The first-order valence-electron chi connectivity index (χ1n) is 11.1. The van der Waals surface area contributed by atoms with E-state index in [1.807, 2.05) is 18.2 Å². The molecule has 0 aromatic heterocycles. The van der Waals surface area contributed by atoms with Crippen LogP contribution in [-0.2, 0) is 4.79 Å². The smallest absolute Gasteiger partial charge is 0.162 e. The molecule has 2 aliphatic rings. The minimum atomic E-state index is -0.219. The Bertz CT molecular complexity index is 1370. The summed E-state index contributed by atoms with van der Waals surface area (Å²) in [6.07, 6.45) is 1.35. The van der Waals surface area contributed by atoms with Crippen LogP contribution in [0.15, 0.2) is 96.6 Å². The zero-order valence-corrected chi connectivity index (χ0v) is 17.6. The van der Waals surface area contributed by atoms with Crippen LogP contribution in [0.5, 0.6) is 5.75 Å². The lowest BCUT2D eigenvalue weighted by Crippen LogP contribution is -2.29. The molecule has 3 nitrogen and oxygen atoms in total. The highest BCUT2D eigenvalue weighted by Gasteiger charge is 2.38. The van der Waals surface area contributed by atoms with Crippen LogP contribution in [-0.4, -0.2) is 10.9 Å². The lowest BCUT2D eigenvalue weighted by atomic mass is 9.71. The maximum atomic E-state index is 13.7. The quantitative estimate of drug-likeness (QED) is 0.386. The number of phenols is 1. The average Bonchev–Trinajstić information content (AvgIpc) is 2.84. The Morgan fingerprint density at radius 1 is 0.750 bits per heavy atom. The van der Waals surface area contributed by atoms with E-state index in [1.165, 1.54) is 16.3 Å². The van der Waals surface area contributed by atoms with Gasteiger partial charge in [-0.15, -0.1) is 0 Å². The summed E-state index contributed by atoms with van der Waals surface area (Å²) in [4.78, 5) is 13.7. The van der Waals surface area contributed by atoms with Gasteiger partial charge in [-0.3, -0.25) is 4.79 Å². The Kier molecular flexibility index (Phi) is 4.36. The third-order valence-corrected chi connectivity index (χ3v) is 6.82. The Labute approximate surface area is 187 Å². The van der Waals surface area contributed by atoms with Gasteiger partial charge in [-0.1, -0.05) is 72.8 Å². The van der Waals surface area contributed by atoms with E-state index in [-0.39, 0.29) is 23.5 Å². The van der Waals surface area contributed by atoms with Gasteiger partial charge < -0.3 is 10.4 Å². The van der Waals surface area contributed by atoms with Crippen LogP contribution in [0, 0.1) is 0 Å². The largest absolute Gasteiger partial charge is 0.508 e. The van der Waals surface area contributed by atoms with Gasteiger partial charge >= 0.3 is 0 Å². The van der Waals surface area contributed by atoms with Gasteiger partial charge in [-0.05, 0) is 58.0 Å². The highest BCUT2D eigenvalue weighted by atomic mass is 16.3. The fourth-order valence-electron chi connectivity index (χ4n) is 5.32. The lowest BCUT2D eigenvalue weighted by molar-refractivity contribution is -0.116. The van der Waals surface area contributed by atoms with E-state index < -0.39 is 0 Å². The molecule has 0 spiro atoms. The van der Waals surface area contributed by atoms with E-state index in [1.54, 1.807) is 12.1 Å². The fraction of sp³-hybridized carbons (Fsp3) is 0.138. The monoisotopic (exact) mass is 417 g/mol. The zero-order chi connectivity index (χ0) is 21.7. The van der Waals surface area contributed by atoms with Gasteiger partial charge in [0.05, 0.1) is 6.04 Å². The summed E-state index contributed by atoms with van der Waals surface area (Å²) in [5.41, 5.74) is 6.43. The van der Waals surface area contributed by atoms with E-state index in [4.69, 9.17) is 0 Å². The van der Waals surface area contributed by atoms with Gasteiger partial charge in [-0.25, -0.2) is 0 Å². The van der Waals surface area contributed by atoms with Crippen molar-refractivity contribution in [3.8, 4) is 5.75 Å². The second-order valence-corrected chi connectivity index (χ2v) is 8.71. The van der Waals surface area contributed by atoms with Gasteiger partial charge in [0.2, 0.25) is 0 Å². The fourth-order valence-corrected chi connectivity index (χ4v) is 5.32. The summed E-state index contributed by atoms with van der Waals surface area (Å²) in [6, 6.07) is 30.0. The van der Waals surface area contributed by atoms with Gasteiger partial charge in [-0.2, -0.15) is 0 Å². The minimum Gasteiger partial charge on any atom is -0.508 e. The van der Waals surface area contributed by atoms with Crippen molar-refractivity contribution in [2.24, 2.45) is 0 Å². The van der Waals surface area contributed by atoms with E-state index in [2.05, 4.69) is 66.0 Å². The number of carbonyl (C=O) groups is 1. The number of hydrogen-bond donors (Lipinski definition) is 2. The van der Waals surface area contributed by atoms with E-state index >= 15 is 0 Å². The number of nitrogens with one attached hydrogen (secondary N) is 1. The number of carbonyl (C=O) groups excluding carboxylic acids is 1. The molecule has 0 saturated carbocycles. The zero-order valence-electron chi connectivity index (χ0n) is 17.6. The molecule has 0 bridgehead atoms. The molecule has 0 radical (unpaired) electrons. The molecule has 4 aromatic carbocycles. The Hall–Kier alpha value is -3.85. The van der Waals surface area contributed by atoms with Crippen molar-refractivity contribution in [2.45, 2.75) is 24.8 Å².